The molecule has 0 bridgehead atoms. The summed E-state index contributed by atoms with van der Waals surface area (Å²) in [5.41, 5.74) is -1.04. The normalized spacial score (nSPS) is 11.0. The molecule has 0 spiro atoms. The third-order valence-corrected chi connectivity index (χ3v) is 3.72. The molecule has 0 radical (unpaired) electrons. The van der Waals surface area contributed by atoms with Gasteiger partial charge < -0.3 is 16.7 Å². The van der Waals surface area contributed by atoms with E-state index < -0.39 is 38.3 Å². The molecule has 10 heteroatoms. The van der Waals surface area contributed by atoms with Gasteiger partial charge in [-0.2, -0.15) is 8.42 Å². The van der Waals surface area contributed by atoms with Crippen LogP contribution in [0.3, 0.4) is 0 Å². The molecule has 0 aromatic heterocycles. The molecular formula is C12H9NaO8S. The number of aromatic hydroxyl groups is 1. The van der Waals surface area contributed by atoms with Crippen LogP contribution in [0.4, 0.5) is 0 Å². The van der Waals surface area contributed by atoms with Crippen LogP contribution in [-0.2, 0) is 10.1 Å². The quantitative estimate of drug-likeness (QED) is 0.383. The second kappa shape index (κ2) is 6.23. The molecule has 4 N–H and O–H groups in total. The van der Waals surface area contributed by atoms with Crippen LogP contribution in [0.25, 0.3) is 10.8 Å². The molecule has 0 aliphatic rings. The van der Waals surface area contributed by atoms with Crippen molar-refractivity contribution in [3.8, 4) is 5.75 Å². The zero-order chi connectivity index (χ0) is 15.9. The number of rotatable bonds is 3. The first-order valence-corrected chi connectivity index (χ1v) is 6.80. The van der Waals surface area contributed by atoms with E-state index >= 15 is 0 Å². The van der Waals surface area contributed by atoms with Crippen molar-refractivity contribution in [2.24, 2.45) is 0 Å². The Morgan fingerprint density at radius 2 is 1.59 bits per heavy atom. The van der Waals surface area contributed by atoms with Crippen molar-refractivity contribution in [2.45, 2.75) is 4.90 Å². The van der Waals surface area contributed by atoms with E-state index in [0.29, 0.717) is 6.07 Å². The minimum Gasteiger partial charge on any atom is -1.00 e. The maximum absolute atomic E-state index is 11.3. The van der Waals surface area contributed by atoms with E-state index in [1.54, 1.807) is 0 Å². The summed E-state index contributed by atoms with van der Waals surface area (Å²) in [6, 6.07) is 3.66. The summed E-state index contributed by atoms with van der Waals surface area (Å²) in [4.78, 5) is 21.2. The van der Waals surface area contributed by atoms with Gasteiger partial charge in [-0.1, -0.05) is 6.07 Å². The predicted octanol–water partition coefficient (Wildman–Crippen LogP) is -1.69. The largest absolute Gasteiger partial charge is 1.00 e. The standard InChI is InChI=1S/C12H8O8S.Na.H/c13-10-7-3-5(11(14)15)1-2-6(7)9(21(18,19)20)4-8(10)12(16)17;;/h1-4,13H,(H,14,15)(H,16,17)(H,18,19,20);;/q;+1;-1. The van der Waals surface area contributed by atoms with E-state index in [-0.39, 0.29) is 47.3 Å². The Labute approximate surface area is 147 Å². The zero-order valence-corrected chi connectivity index (χ0v) is 14.0. The topological polar surface area (TPSA) is 149 Å². The molecule has 0 saturated heterocycles. The van der Waals surface area contributed by atoms with Crippen LogP contribution < -0.4 is 29.6 Å². The number of carboxylic acids is 2. The molecule has 0 unspecified atom stereocenters. The predicted molar refractivity (Wildman–Crippen MR) is 70.5 cm³/mol. The number of carboxylic acid groups (broad SMARTS) is 2. The Hall–Kier alpha value is -1.65. The summed E-state index contributed by atoms with van der Waals surface area (Å²) in [6.07, 6.45) is 0. The van der Waals surface area contributed by atoms with Gasteiger partial charge in [-0.25, -0.2) is 9.59 Å². The molecule has 112 valence electrons. The molecule has 8 nitrogen and oxygen atoms in total. The first-order chi connectivity index (χ1) is 9.62. The zero-order valence-electron chi connectivity index (χ0n) is 12.1. The van der Waals surface area contributed by atoms with Gasteiger partial charge in [0.2, 0.25) is 0 Å². The second-order valence-corrected chi connectivity index (χ2v) is 5.51. The monoisotopic (exact) mass is 336 g/mol. The fraction of sp³-hybridized carbons (Fsp3) is 0. The number of aromatic carboxylic acids is 2. The Morgan fingerprint density at radius 3 is 2.05 bits per heavy atom. The summed E-state index contributed by atoms with van der Waals surface area (Å²) in [6.45, 7) is 0. The minimum atomic E-state index is -4.76. The fourth-order valence-electron chi connectivity index (χ4n) is 1.89. The molecular weight excluding hydrogens is 327 g/mol. The molecule has 2 aromatic carbocycles. The van der Waals surface area contributed by atoms with Crippen LogP contribution in [0.15, 0.2) is 29.2 Å². The summed E-state index contributed by atoms with van der Waals surface area (Å²) >= 11 is 0. The van der Waals surface area contributed by atoms with Crippen molar-refractivity contribution in [1.29, 1.82) is 0 Å². The molecule has 0 fully saturated rings. The molecule has 22 heavy (non-hydrogen) atoms. The molecule has 0 atom stereocenters. The number of benzene rings is 2. The first kappa shape index (κ1) is 18.4. The van der Waals surface area contributed by atoms with Crippen LogP contribution >= 0.6 is 0 Å². The van der Waals surface area contributed by atoms with Gasteiger partial charge >= 0.3 is 41.5 Å². The van der Waals surface area contributed by atoms with Gasteiger partial charge in [-0.05, 0) is 18.2 Å². The van der Waals surface area contributed by atoms with E-state index in [9.17, 15) is 23.1 Å². The van der Waals surface area contributed by atoms with Crippen molar-refractivity contribution in [3.63, 3.8) is 0 Å². The van der Waals surface area contributed by atoms with E-state index in [1.165, 1.54) is 0 Å². The molecule has 0 aliphatic carbocycles. The SMILES string of the molecule is O=C(O)c1ccc2c(S(=O)(=O)O)cc(C(=O)O)c(O)c2c1.[H-].[Na+]. The van der Waals surface area contributed by atoms with Gasteiger partial charge in [-0.3, -0.25) is 4.55 Å². The van der Waals surface area contributed by atoms with E-state index in [4.69, 9.17) is 14.8 Å². The van der Waals surface area contributed by atoms with Gasteiger partial charge in [0.25, 0.3) is 10.1 Å². The summed E-state index contributed by atoms with van der Waals surface area (Å²) < 4.78 is 31.8. The maximum Gasteiger partial charge on any atom is 1.00 e. The number of carbonyl (C=O) groups is 2. The van der Waals surface area contributed by atoms with E-state index in [1.807, 2.05) is 0 Å². The maximum atomic E-state index is 11.3. The Kier molecular flexibility index (Phi) is 5.21. The van der Waals surface area contributed by atoms with Crippen LogP contribution in [0.5, 0.6) is 5.75 Å². The molecule has 2 rings (SSSR count). The average molecular weight is 336 g/mol. The first-order valence-electron chi connectivity index (χ1n) is 5.36. The Morgan fingerprint density at radius 1 is 1.00 bits per heavy atom. The molecule has 2 aromatic rings. The summed E-state index contributed by atoms with van der Waals surface area (Å²) in [7, 11) is -4.76. The van der Waals surface area contributed by atoms with Crippen LogP contribution in [-0.4, -0.2) is 40.2 Å². The smallest absolute Gasteiger partial charge is 1.00 e. The fourth-order valence-corrected chi connectivity index (χ4v) is 2.61. The van der Waals surface area contributed by atoms with Crippen molar-refractivity contribution >= 4 is 32.8 Å². The van der Waals surface area contributed by atoms with Crippen LogP contribution in [0.1, 0.15) is 22.1 Å². The van der Waals surface area contributed by atoms with Crippen LogP contribution in [0.2, 0.25) is 0 Å². The number of hydrogen-bond donors (Lipinski definition) is 4. The average Bonchev–Trinajstić information content (AvgIpc) is 2.36. The second-order valence-electron chi connectivity index (χ2n) is 4.12. The Balaban J connectivity index is 0.00000242. The van der Waals surface area contributed by atoms with Gasteiger partial charge in [0.15, 0.2) is 0 Å². The van der Waals surface area contributed by atoms with Crippen molar-refractivity contribution in [1.82, 2.24) is 0 Å². The number of fused-ring (bicyclic) bond motifs is 1. The summed E-state index contributed by atoms with van der Waals surface area (Å²) in [5.74, 6) is -3.75. The van der Waals surface area contributed by atoms with Gasteiger partial charge in [0, 0.05) is 10.8 Å². The van der Waals surface area contributed by atoms with Crippen molar-refractivity contribution in [3.05, 3.63) is 35.4 Å². The number of phenols is 1. The molecule has 0 heterocycles. The number of hydrogen-bond acceptors (Lipinski definition) is 5. The molecule has 0 aliphatic heterocycles. The third kappa shape index (κ3) is 3.23. The van der Waals surface area contributed by atoms with Gasteiger partial charge in [-0.15, -0.1) is 0 Å². The van der Waals surface area contributed by atoms with Gasteiger partial charge in [0.1, 0.15) is 16.2 Å². The molecule has 0 amide bonds. The minimum absolute atomic E-state index is 0. The molecule has 0 saturated carbocycles. The third-order valence-electron chi connectivity index (χ3n) is 2.83. The van der Waals surface area contributed by atoms with Crippen molar-refractivity contribution in [2.75, 3.05) is 0 Å². The van der Waals surface area contributed by atoms with Crippen LogP contribution in [0, 0.1) is 0 Å². The van der Waals surface area contributed by atoms with Crippen molar-refractivity contribution < 1.29 is 68.9 Å². The summed E-state index contributed by atoms with van der Waals surface area (Å²) in [5, 5.41) is 27.2. The Bertz CT molecular complexity index is 894. The van der Waals surface area contributed by atoms with E-state index in [0.717, 1.165) is 18.2 Å². The van der Waals surface area contributed by atoms with Gasteiger partial charge in [0.05, 0.1) is 5.56 Å². The van der Waals surface area contributed by atoms with E-state index in [2.05, 4.69) is 0 Å².